The Morgan fingerprint density at radius 1 is 1.23 bits per heavy atom. The molecule has 1 amide bonds. The molecule has 0 spiro atoms. The number of amides is 1. The van der Waals surface area contributed by atoms with Crippen molar-refractivity contribution in [2.45, 2.75) is 19.4 Å². The highest BCUT2D eigenvalue weighted by molar-refractivity contribution is 5.97. The fraction of sp³-hybridized carbons (Fsp3) is 0.300. The molecule has 3 rings (SSSR count). The standard InChI is InChI=1S/C20H22N2O4/c1-14-10-15-6-4-5-7-18(15)22(14)20(23)13-26-21-12-16-11-17(24-2)8-9-19(16)25-3/h4-9,11-12,14H,10,13H2,1-3H3/b21-12+. The van der Waals surface area contributed by atoms with E-state index >= 15 is 0 Å². The second-order valence-electron chi connectivity index (χ2n) is 6.06. The molecule has 2 aromatic rings. The normalized spacial score (nSPS) is 15.8. The second kappa shape index (κ2) is 7.91. The van der Waals surface area contributed by atoms with Gasteiger partial charge in [0, 0.05) is 17.3 Å². The smallest absolute Gasteiger partial charge is 0.268 e. The van der Waals surface area contributed by atoms with Crippen LogP contribution in [0.4, 0.5) is 5.69 Å². The van der Waals surface area contributed by atoms with Crippen molar-refractivity contribution in [3.05, 3.63) is 53.6 Å². The number of benzene rings is 2. The van der Waals surface area contributed by atoms with Gasteiger partial charge in [-0.2, -0.15) is 0 Å². The number of fused-ring (bicyclic) bond motifs is 1. The van der Waals surface area contributed by atoms with Gasteiger partial charge in [0.2, 0.25) is 0 Å². The first-order valence-corrected chi connectivity index (χ1v) is 8.41. The predicted octanol–water partition coefficient (Wildman–Crippen LogP) is 3.03. The Hall–Kier alpha value is -3.02. The maximum atomic E-state index is 12.5. The van der Waals surface area contributed by atoms with Gasteiger partial charge in [-0.15, -0.1) is 0 Å². The van der Waals surface area contributed by atoms with Crippen molar-refractivity contribution in [1.82, 2.24) is 0 Å². The molecular formula is C20H22N2O4. The van der Waals surface area contributed by atoms with Crippen LogP contribution in [0.1, 0.15) is 18.1 Å². The van der Waals surface area contributed by atoms with Crippen LogP contribution in [0.3, 0.4) is 0 Å². The first-order valence-electron chi connectivity index (χ1n) is 8.41. The quantitative estimate of drug-likeness (QED) is 0.591. The van der Waals surface area contributed by atoms with Crippen molar-refractivity contribution >= 4 is 17.8 Å². The van der Waals surface area contributed by atoms with Gasteiger partial charge in [0.05, 0.1) is 20.4 Å². The first kappa shape index (κ1) is 17.8. The minimum atomic E-state index is -0.124. The van der Waals surface area contributed by atoms with Crippen molar-refractivity contribution in [3.63, 3.8) is 0 Å². The number of para-hydroxylation sites is 1. The lowest BCUT2D eigenvalue weighted by Crippen LogP contribution is -2.37. The van der Waals surface area contributed by atoms with E-state index in [1.807, 2.05) is 31.2 Å². The van der Waals surface area contributed by atoms with Crippen molar-refractivity contribution in [2.24, 2.45) is 5.16 Å². The van der Waals surface area contributed by atoms with E-state index in [1.54, 1.807) is 37.3 Å². The number of oxime groups is 1. The number of anilines is 1. The van der Waals surface area contributed by atoms with Gasteiger partial charge in [0.15, 0.2) is 6.61 Å². The summed E-state index contributed by atoms with van der Waals surface area (Å²) in [5.41, 5.74) is 2.84. The Labute approximate surface area is 153 Å². The number of ether oxygens (including phenoxy) is 2. The minimum Gasteiger partial charge on any atom is -0.497 e. The number of methoxy groups -OCH3 is 2. The lowest BCUT2D eigenvalue weighted by Gasteiger charge is -2.21. The molecule has 0 aromatic heterocycles. The summed E-state index contributed by atoms with van der Waals surface area (Å²) in [6.07, 6.45) is 2.36. The highest BCUT2D eigenvalue weighted by Crippen LogP contribution is 2.31. The third kappa shape index (κ3) is 3.64. The zero-order valence-corrected chi connectivity index (χ0v) is 15.1. The summed E-state index contributed by atoms with van der Waals surface area (Å²) in [6.45, 7) is 1.91. The van der Waals surface area contributed by atoms with Crippen LogP contribution in [0.2, 0.25) is 0 Å². The fourth-order valence-electron chi connectivity index (χ4n) is 3.14. The third-order valence-electron chi connectivity index (χ3n) is 4.37. The molecule has 136 valence electrons. The maximum Gasteiger partial charge on any atom is 0.268 e. The molecule has 0 N–H and O–H groups in total. The molecule has 1 unspecified atom stereocenters. The van der Waals surface area contributed by atoms with Gasteiger partial charge in [-0.25, -0.2) is 0 Å². The number of carbonyl (C=O) groups excluding carboxylic acids is 1. The van der Waals surface area contributed by atoms with Gasteiger partial charge >= 0.3 is 0 Å². The number of hydrogen-bond acceptors (Lipinski definition) is 5. The lowest BCUT2D eigenvalue weighted by atomic mass is 10.1. The Bertz CT molecular complexity index is 819. The molecular weight excluding hydrogens is 332 g/mol. The summed E-state index contributed by atoms with van der Waals surface area (Å²) in [4.78, 5) is 19.5. The van der Waals surface area contributed by atoms with Crippen molar-refractivity contribution < 1.29 is 19.1 Å². The molecule has 0 fully saturated rings. The Morgan fingerprint density at radius 3 is 2.81 bits per heavy atom. The van der Waals surface area contributed by atoms with Crippen molar-refractivity contribution in [1.29, 1.82) is 0 Å². The minimum absolute atomic E-state index is 0.114. The van der Waals surface area contributed by atoms with Gasteiger partial charge in [-0.05, 0) is 43.2 Å². The molecule has 0 aliphatic carbocycles. The fourth-order valence-corrected chi connectivity index (χ4v) is 3.14. The van der Waals surface area contributed by atoms with Crippen LogP contribution >= 0.6 is 0 Å². The summed E-state index contributed by atoms with van der Waals surface area (Å²) < 4.78 is 10.5. The molecule has 0 radical (unpaired) electrons. The zero-order chi connectivity index (χ0) is 18.5. The van der Waals surface area contributed by atoms with Crippen LogP contribution in [0.25, 0.3) is 0 Å². The summed E-state index contributed by atoms with van der Waals surface area (Å²) in [5.74, 6) is 1.22. The third-order valence-corrected chi connectivity index (χ3v) is 4.37. The highest BCUT2D eigenvalue weighted by Gasteiger charge is 2.30. The van der Waals surface area contributed by atoms with Crippen molar-refractivity contribution in [2.75, 3.05) is 25.7 Å². The highest BCUT2D eigenvalue weighted by atomic mass is 16.6. The molecule has 2 aromatic carbocycles. The van der Waals surface area contributed by atoms with E-state index in [4.69, 9.17) is 14.3 Å². The Kier molecular flexibility index (Phi) is 5.41. The molecule has 1 aliphatic heterocycles. The van der Waals surface area contributed by atoms with Crippen LogP contribution in [0, 0.1) is 0 Å². The monoisotopic (exact) mass is 354 g/mol. The molecule has 6 nitrogen and oxygen atoms in total. The molecule has 6 heteroatoms. The van der Waals surface area contributed by atoms with Crippen LogP contribution < -0.4 is 14.4 Å². The van der Waals surface area contributed by atoms with Crippen LogP contribution in [0.5, 0.6) is 11.5 Å². The van der Waals surface area contributed by atoms with Gasteiger partial charge in [0.1, 0.15) is 11.5 Å². The van der Waals surface area contributed by atoms with Crippen LogP contribution in [-0.2, 0) is 16.1 Å². The van der Waals surface area contributed by atoms with E-state index in [0.717, 1.165) is 12.1 Å². The summed E-state index contributed by atoms with van der Waals surface area (Å²) in [7, 11) is 3.17. The SMILES string of the molecule is COc1ccc(OC)c(/C=N/OCC(=O)N2c3ccccc3CC2C)c1. The van der Waals surface area contributed by atoms with E-state index in [2.05, 4.69) is 5.16 Å². The molecule has 0 saturated heterocycles. The average Bonchev–Trinajstić information content (AvgIpc) is 3.00. The molecule has 1 aliphatic rings. The van der Waals surface area contributed by atoms with Crippen LogP contribution in [0.15, 0.2) is 47.6 Å². The van der Waals surface area contributed by atoms with E-state index < -0.39 is 0 Å². The molecule has 0 saturated carbocycles. The summed E-state index contributed by atoms with van der Waals surface area (Å²) in [5, 5.41) is 3.91. The molecule has 1 atom stereocenters. The van der Waals surface area contributed by atoms with E-state index in [1.165, 1.54) is 11.8 Å². The second-order valence-corrected chi connectivity index (χ2v) is 6.06. The molecule has 1 heterocycles. The van der Waals surface area contributed by atoms with Gasteiger partial charge in [-0.3, -0.25) is 4.79 Å². The Morgan fingerprint density at radius 2 is 2.04 bits per heavy atom. The summed E-state index contributed by atoms with van der Waals surface area (Å²) in [6, 6.07) is 13.4. The van der Waals surface area contributed by atoms with Crippen LogP contribution in [-0.4, -0.2) is 39.0 Å². The molecule has 0 bridgehead atoms. The molecule has 26 heavy (non-hydrogen) atoms. The largest absolute Gasteiger partial charge is 0.497 e. The topological polar surface area (TPSA) is 60.4 Å². The zero-order valence-electron chi connectivity index (χ0n) is 15.1. The Balaban J connectivity index is 1.63. The van der Waals surface area contributed by atoms with Gasteiger partial charge < -0.3 is 19.2 Å². The van der Waals surface area contributed by atoms with Crippen molar-refractivity contribution in [3.8, 4) is 11.5 Å². The van der Waals surface area contributed by atoms with E-state index in [9.17, 15) is 4.79 Å². The number of nitrogens with zero attached hydrogens (tertiary/aromatic N) is 2. The predicted molar refractivity (Wildman–Crippen MR) is 100 cm³/mol. The summed E-state index contributed by atoms with van der Waals surface area (Å²) >= 11 is 0. The lowest BCUT2D eigenvalue weighted by molar-refractivity contribution is -0.123. The number of hydrogen-bond donors (Lipinski definition) is 0. The maximum absolute atomic E-state index is 12.5. The average molecular weight is 354 g/mol. The number of carbonyl (C=O) groups is 1. The van der Waals surface area contributed by atoms with E-state index in [-0.39, 0.29) is 18.6 Å². The van der Waals surface area contributed by atoms with Gasteiger partial charge in [0.25, 0.3) is 5.91 Å². The van der Waals surface area contributed by atoms with Gasteiger partial charge in [-0.1, -0.05) is 23.4 Å². The first-order chi connectivity index (χ1) is 12.6. The van der Waals surface area contributed by atoms with E-state index in [0.29, 0.717) is 17.1 Å². The number of rotatable bonds is 6.